The number of aromatic nitrogens is 1. The zero-order valence-electron chi connectivity index (χ0n) is 19.1. The van der Waals surface area contributed by atoms with Crippen molar-refractivity contribution < 1.29 is 18.6 Å². The lowest BCUT2D eigenvalue weighted by molar-refractivity contribution is 0.355. The Morgan fingerprint density at radius 2 is 1.74 bits per heavy atom. The molecule has 2 aromatic heterocycles. The maximum absolute atomic E-state index is 12.9. The van der Waals surface area contributed by atoms with Crippen LogP contribution in [0.3, 0.4) is 0 Å². The highest BCUT2D eigenvalue weighted by Crippen LogP contribution is 2.31. The van der Waals surface area contributed by atoms with Crippen LogP contribution in [-0.2, 0) is 13.1 Å². The first-order chi connectivity index (χ1) is 16.5. The zero-order chi connectivity index (χ0) is 24.1. The molecule has 0 fully saturated rings. The van der Waals surface area contributed by atoms with Gasteiger partial charge in [0.05, 0.1) is 46.2 Å². The van der Waals surface area contributed by atoms with Gasteiger partial charge in [-0.25, -0.2) is 0 Å². The number of benzene rings is 2. The van der Waals surface area contributed by atoms with Crippen molar-refractivity contribution in [2.75, 3.05) is 26.6 Å². The summed E-state index contributed by atoms with van der Waals surface area (Å²) in [5.41, 5.74) is 1.80. The van der Waals surface area contributed by atoms with Crippen molar-refractivity contribution in [1.29, 1.82) is 0 Å². The van der Waals surface area contributed by atoms with Crippen LogP contribution in [0.1, 0.15) is 11.3 Å². The molecular weight excluding hydrogens is 454 g/mol. The summed E-state index contributed by atoms with van der Waals surface area (Å²) in [6.07, 6.45) is 1.61. The molecule has 0 bridgehead atoms. The van der Waals surface area contributed by atoms with Crippen LogP contribution in [0.25, 0.3) is 10.9 Å². The summed E-state index contributed by atoms with van der Waals surface area (Å²) in [6.45, 7) is 0.653. The number of ether oxygens (including phenoxy) is 3. The molecule has 9 heteroatoms. The predicted molar refractivity (Wildman–Crippen MR) is 135 cm³/mol. The molecule has 0 aliphatic heterocycles. The second-order valence-corrected chi connectivity index (χ2v) is 7.90. The molecule has 0 aliphatic rings. The van der Waals surface area contributed by atoms with E-state index in [-0.39, 0.29) is 12.1 Å². The van der Waals surface area contributed by atoms with Crippen LogP contribution in [0.5, 0.6) is 17.2 Å². The van der Waals surface area contributed by atoms with Crippen LogP contribution < -0.4 is 25.1 Å². The van der Waals surface area contributed by atoms with Crippen molar-refractivity contribution in [3.63, 3.8) is 0 Å². The molecular formula is C25H25N3O5S. The molecule has 0 saturated carbocycles. The van der Waals surface area contributed by atoms with Gasteiger partial charge in [0.1, 0.15) is 11.5 Å². The quantitative estimate of drug-likeness (QED) is 0.356. The van der Waals surface area contributed by atoms with E-state index in [0.717, 1.165) is 22.6 Å². The third-order valence-electron chi connectivity index (χ3n) is 5.34. The predicted octanol–water partition coefficient (Wildman–Crippen LogP) is 4.55. The van der Waals surface area contributed by atoms with Gasteiger partial charge in [-0.05, 0) is 60.7 Å². The molecule has 0 radical (unpaired) electrons. The Balaban J connectivity index is 1.64. The topological polar surface area (TPSA) is 89.0 Å². The van der Waals surface area contributed by atoms with Gasteiger partial charge >= 0.3 is 0 Å². The van der Waals surface area contributed by atoms with Crippen LogP contribution in [-0.4, -0.2) is 36.3 Å². The van der Waals surface area contributed by atoms with Crippen molar-refractivity contribution in [2.24, 2.45) is 0 Å². The Hall–Kier alpha value is -3.98. The van der Waals surface area contributed by atoms with E-state index in [1.165, 1.54) is 0 Å². The first-order valence-corrected chi connectivity index (χ1v) is 10.9. The monoisotopic (exact) mass is 479 g/mol. The van der Waals surface area contributed by atoms with Crippen LogP contribution in [0.2, 0.25) is 0 Å². The molecule has 0 saturated heterocycles. The van der Waals surface area contributed by atoms with Gasteiger partial charge in [-0.15, -0.1) is 0 Å². The fourth-order valence-electron chi connectivity index (χ4n) is 3.57. The van der Waals surface area contributed by atoms with Crippen LogP contribution >= 0.6 is 12.2 Å². The number of anilines is 1. The van der Waals surface area contributed by atoms with Gasteiger partial charge in [0.15, 0.2) is 16.6 Å². The highest BCUT2D eigenvalue weighted by atomic mass is 32.1. The number of nitrogens with zero attached hydrogens (tertiary/aromatic N) is 1. The molecule has 4 rings (SSSR count). The van der Waals surface area contributed by atoms with E-state index in [4.69, 9.17) is 30.8 Å². The molecule has 0 aliphatic carbocycles. The average molecular weight is 480 g/mol. The highest BCUT2D eigenvalue weighted by Gasteiger charge is 2.17. The van der Waals surface area contributed by atoms with E-state index in [9.17, 15) is 4.79 Å². The summed E-state index contributed by atoms with van der Waals surface area (Å²) in [4.78, 5) is 17.7. The van der Waals surface area contributed by atoms with Crippen molar-refractivity contribution in [3.05, 3.63) is 82.5 Å². The standard InChI is InChI=1S/C25H25N3O5S/c1-30-19-8-6-18(7-9-19)26-25(34)28(15-20-5-4-10-33-20)14-17-11-16-12-22(31-2)23(32-3)13-21(16)27-24(17)29/h4-13H,14-15H2,1-3H3,(H,26,34)(H,27,29). The smallest absolute Gasteiger partial charge is 0.253 e. The Morgan fingerprint density at radius 3 is 2.38 bits per heavy atom. The largest absolute Gasteiger partial charge is 0.497 e. The van der Waals surface area contributed by atoms with E-state index in [0.29, 0.717) is 34.2 Å². The van der Waals surface area contributed by atoms with E-state index in [1.807, 2.05) is 53.4 Å². The summed E-state index contributed by atoms with van der Waals surface area (Å²) in [5, 5.41) is 4.50. The second-order valence-electron chi connectivity index (χ2n) is 7.51. The van der Waals surface area contributed by atoms with Gasteiger partial charge < -0.3 is 33.8 Å². The molecule has 4 aromatic rings. The van der Waals surface area contributed by atoms with Gasteiger partial charge in [-0.3, -0.25) is 4.79 Å². The van der Waals surface area contributed by atoms with Crippen molar-refractivity contribution >= 4 is 33.9 Å². The molecule has 2 N–H and O–H groups in total. The minimum Gasteiger partial charge on any atom is -0.497 e. The molecule has 176 valence electrons. The molecule has 34 heavy (non-hydrogen) atoms. The van der Waals surface area contributed by atoms with E-state index < -0.39 is 0 Å². The normalized spacial score (nSPS) is 10.7. The average Bonchev–Trinajstić information content (AvgIpc) is 3.37. The third-order valence-corrected chi connectivity index (χ3v) is 5.70. The summed E-state index contributed by atoms with van der Waals surface area (Å²) >= 11 is 5.70. The summed E-state index contributed by atoms with van der Waals surface area (Å²) in [7, 11) is 4.75. The summed E-state index contributed by atoms with van der Waals surface area (Å²) in [5.74, 6) is 2.60. The zero-order valence-corrected chi connectivity index (χ0v) is 19.9. The van der Waals surface area contributed by atoms with Gasteiger partial charge in [-0.1, -0.05) is 0 Å². The number of rotatable bonds is 8. The van der Waals surface area contributed by atoms with Gasteiger partial charge in [0.2, 0.25) is 0 Å². The van der Waals surface area contributed by atoms with E-state index in [1.54, 1.807) is 33.7 Å². The SMILES string of the molecule is COc1ccc(NC(=S)N(Cc2ccco2)Cc2cc3cc(OC)c(OC)cc3[nH]c2=O)cc1. The van der Waals surface area contributed by atoms with Crippen LogP contribution in [0.15, 0.2) is 70.1 Å². The molecule has 0 unspecified atom stereocenters. The molecule has 0 atom stereocenters. The highest BCUT2D eigenvalue weighted by molar-refractivity contribution is 7.80. The second kappa shape index (κ2) is 10.3. The maximum Gasteiger partial charge on any atom is 0.253 e. The number of methoxy groups -OCH3 is 3. The lowest BCUT2D eigenvalue weighted by Gasteiger charge is -2.25. The Kier molecular flexibility index (Phi) is 7.03. The van der Waals surface area contributed by atoms with Crippen molar-refractivity contribution in [2.45, 2.75) is 13.1 Å². The maximum atomic E-state index is 12.9. The summed E-state index contributed by atoms with van der Waals surface area (Å²) in [6, 6.07) is 16.5. The first-order valence-electron chi connectivity index (χ1n) is 10.5. The van der Waals surface area contributed by atoms with Crippen LogP contribution in [0.4, 0.5) is 5.69 Å². The lowest BCUT2D eigenvalue weighted by atomic mass is 10.1. The number of pyridine rings is 1. The summed E-state index contributed by atoms with van der Waals surface area (Å²) < 4.78 is 21.5. The third kappa shape index (κ3) is 5.15. The van der Waals surface area contributed by atoms with Crippen LogP contribution in [0, 0.1) is 0 Å². The number of H-pyrrole nitrogens is 1. The fourth-order valence-corrected chi connectivity index (χ4v) is 3.82. The number of furan rings is 1. The minimum atomic E-state index is -0.212. The molecule has 2 heterocycles. The minimum absolute atomic E-state index is 0.212. The molecule has 0 amide bonds. The number of nitrogens with one attached hydrogen (secondary N) is 2. The lowest BCUT2D eigenvalue weighted by Crippen LogP contribution is -2.35. The van der Waals surface area contributed by atoms with Gasteiger partial charge in [0.25, 0.3) is 5.56 Å². The number of hydrogen-bond donors (Lipinski definition) is 2. The van der Waals surface area contributed by atoms with Crippen molar-refractivity contribution in [1.82, 2.24) is 9.88 Å². The first kappa shape index (κ1) is 23.2. The molecule has 0 spiro atoms. The van der Waals surface area contributed by atoms with E-state index >= 15 is 0 Å². The number of fused-ring (bicyclic) bond motifs is 1. The Morgan fingerprint density at radius 1 is 1.00 bits per heavy atom. The van der Waals surface area contributed by atoms with E-state index in [2.05, 4.69) is 10.3 Å². The molecule has 8 nitrogen and oxygen atoms in total. The van der Waals surface area contributed by atoms with Gasteiger partial charge in [0, 0.05) is 22.7 Å². The Bertz CT molecular complexity index is 1330. The number of hydrogen-bond acceptors (Lipinski definition) is 6. The molecule has 2 aromatic carbocycles. The van der Waals surface area contributed by atoms with Gasteiger partial charge in [-0.2, -0.15) is 0 Å². The van der Waals surface area contributed by atoms with Crippen molar-refractivity contribution in [3.8, 4) is 17.2 Å². The number of thiocarbonyl (C=S) groups is 1. The fraction of sp³-hybridized carbons (Fsp3) is 0.200. The Labute approximate surface area is 202 Å². The number of aromatic amines is 1.